The van der Waals surface area contributed by atoms with Crippen LogP contribution in [0.4, 0.5) is 0 Å². The van der Waals surface area contributed by atoms with E-state index in [0.29, 0.717) is 0 Å². The van der Waals surface area contributed by atoms with Gasteiger partial charge in [0.05, 0.1) is 5.54 Å². The van der Waals surface area contributed by atoms with Gasteiger partial charge in [-0.25, -0.2) is 0 Å². The molecule has 2 aliphatic rings. The summed E-state index contributed by atoms with van der Waals surface area (Å²) in [4.78, 5) is 14.9. The number of hydrogen-bond acceptors (Lipinski definition) is 3. The summed E-state index contributed by atoms with van der Waals surface area (Å²) < 4.78 is 0. The third-order valence-electron chi connectivity index (χ3n) is 5.17. The Balaban J connectivity index is 1.92. The van der Waals surface area contributed by atoms with Crippen molar-refractivity contribution in [3.63, 3.8) is 0 Å². The molecule has 0 aromatic heterocycles. The minimum absolute atomic E-state index is 0.210. The quantitative estimate of drug-likeness (QED) is 0.767. The minimum atomic E-state index is -0.286. The van der Waals surface area contributed by atoms with Crippen LogP contribution in [0, 0.1) is 0 Å². The molecular weight excluding hydrogens is 238 g/mol. The van der Waals surface area contributed by atoms with Crippen LogP contribution in [0.3, 0.4) is 0 Å². The molecule has 1 unspecified atom stereocenters. The van der Waals surface area contributed by atoms with Crippen LogP contribution in [-0.2, 0) is 4.79 Å². The summed E-state index contributed by atoms with van der Waals surface area (Å²) in [6.45, 7) is 3.93. The summed E-state index contributed by atoms with van der Waals surface area (Å²) in [6, 6.07) is 0. The third-order valence-corrected chi connectivity index (χ3v) is 5.17. The molecule has 110 valence electrons. The molecule has 1 aliphatic heterocycles. The molecule has 0 aromatic carbocycles. The number of carbonyl (C=O) groups excluding carboxylic acids is 1. The van der Waals surface area contributed by atoms with Crippen molar-refractivity contribution in [3.05, 3.63) is 0 Å². The van der Waals surface area contributed by atoms with Crippen molar-refractivity contribution < 1.29 is 4.79 Å². The van der Waals surface area contributed by atoms with Gasteiger partial charge in [-0.1, -0.05) is 13.3 Å². The predicted molar refractivity (Wildman–Crippen MR) is 78.2 cm³/mol. The summed E-state index contributed by atoms with van der Waals surface area (Å²) in [5.74, 6) is 0.222. The molecule has 0 spiro atoms. The largest absolute Gasteiger partial charge is 0.353 e. The summed E-state index contributed by atoms with van der Waals surface area (Å²) in [7, 11) is 4.25. The van der Waals surface area contributed by atoms with Crippen LogP contribution in [0.2, 0.25) is 0 Å². The van der Waals surface area contributed by atoms with E-state index in [1.807, 2.05) is 0 Å². The molecule has 4 nitrogen and oxygen atoms in total. The highest BCUT2D eigenvalue weighted by Crippen LogP contribution is 2.35. The molecule has 1 heterocycles. The minimum Gasteiger partial charge on any atom is -0.353 e. The average molecular weight is 267 g/mol. The van der Waals surface area contributed by atoms with Crippen molar-refractivity contribution in [1.82, 2.24) is 15.5 Å². The maximum absolute atomic E-state index is 12.6. The lowest BCUT2D eigenvalue weighted by molar-refractivity contribution is -0.128. The monoisotopic (exact) mass is 267 g/mol. The highest BCUT2D eigenvalue weighted by atomic mass is 16.2. The summed E-state index contributed by atoms with van der Waals surface area (Å²) in [6.07, 6.45) is 7.80. The first-order valence-corrected chi connectivity index (χ1v) is 7.75. The van der Waals surface area contributed by atoms with Crippen LogP contribution >= 0.6 is 0 Å². The van der Waals surface area contributed by atoms with Gasteiger partial charge < -0.3 is 15.5 Å². The second-order valence-electron chi connectivity index (χ2n) is 6.52. The average Bonchev–Trinajstić information content (AvgIpc) is 2.77. The number of nitrogens with one attached hydrogen (secondary N) is 2. The fourth-order valence-electron chi connectivity index (χ4n) is 3.53. The lowest BCUT2D eigenvalue weighted by Crippen LogP contribution is -2.61. The molecule has 1 saturated heterocycles. The molecule has 1 saturated carbocycles. The Bertz CT molecular complexity index is 317. The first-order chi connectivity index (χ1) is 9.05. The molecular formula is C15H29N3O. The number of likely N-dealkylation sites (N-methyl/N-ethyl adjacent to an activating group) is 1. The zero-order valence-corrected chi connectivity index (χ0v) is 12.7. The highest BCUT2D eigenvalue weighted by molar-refractivity contribution is 5.86. The first-order valence-electron chi connectivity index (χ1n) is 7.75. The van der Waals surface area contributed by atoms with E-state index in [2.05, 4.69) is 36.6 Å². The van der Waals surface area contributed by atoms with Crippen molar-refractivity contribution in [2.75, 3.05) is 27.2 Å². The van der Waals surface area contributed by atoms with Gasteiger partial charge in [-0.15, -0.1) is 0 Å². The number of rotatable bonds is 6. The van der Waals surface area contributed by atoms with E-state index in [1.165, 1.54) is 19.3 Å². The van der Waals surface area contributed by atoms with Crippen molar-refractivity contribution >= 4 is 5.91 Å². The molecule has 0 bridgehead atoms. The summed E-state index contributed by atoms with van der Waals surface area (Å²) in [5.41, 5.74) is -0.0757. The topological polar surface area (TPSA) is 44.4 Å². The molecule has 0 aromatic rings. The smallest absolute Gasteiger partial charge is 0.240 e. The molecule has 2 rings (SSSR count). The van der Waals surface area contributed by atoms with E-state index in [0.717, 1.165) is 38.8 Å². The second-order valence-corrected chi connectivity index (χ2v) is 6.52. The van der Waals surface area contributed by atoms with E-state index in [4.69, 9.17) is 0 Å². The Hall–Kier alpha value is -0.610. The molecule has 4 heteroatoms. The maximum atomic E-state index is 12.6. The molecule has 0 radical (unpaired) electrons. The van der Waals surface area contributed by atoms with Crippen molar-refractivity contribution in [3.8, 4) is 0 Å². The molecule has 1 amide bonds. The number of carbonyl (C=O) groups is 1. The Kier molecular flexibility index (Phi) is 4.51. The van der Waals surface area contributed by atoms with Crippen LogP contribution in [-0.4, -0.2) is 49.1 Å². The Morgan fingerprint density at radius 1 is 1.26 bits per heavy atom. The van der Waals surface area contributed by atoms with E-state index in [1.54, 1.807) is 0 Å². The summed E-state index contributed by atoms with van der Waals surface area (Å²) in [5, 5.41) is 6.68. The Labute approximate surface area is 117 Å². The lowest BCUT2D eigenvalue weighted by Gasteiger charge is -2.47. The van der Waals surface area contributed by atoms with E-state index >= 15 is 0 Å². The van der Waals surface area contributed by atoms with Gasteiger partial charge in [0.15, 0.2) is 0 Å². The zero-order valence-electron chi connectivity index (χ0n) is 12.7. The van der Waals surface area contributed by atoms with Gasteiger partial charge in [0.1, 0.15) is 0 Å². The van der Waals surface area contributed by atoms with Crippen molar-refractivity contribution in [2.24, 2.45) is 0 Å². The van der Waals surface area contributed by atoms with Gasteiger partial charge in [-0.2, -0.15) is 0 Å². The number of nitrogens with zero attached hydrogens (tertiary/aromatic N) is 1. The van der Waals surface area contributed by atoms with Gasteiger partial charge in [-0.3, -0.25) is 4.79 Å². The van der Waals surface area contributed by atoms with Gasteiger partial charge in [0.25, 0.3) is 0 Å². The molecule has 2 fully saturated rings. The number of hydrogen-bond donors (Lipinski definition) is 2. The second kappa shape index (κ2) is 5.80. The van der Waals surface area contributed by atoms with Gasteiger partial charge in [0, 0.05) is 12.1 Å². The van der Waals surface area contributed by atoms with Crippen LogP contribution in [0.1, 0.15) is 51.9 Å². The Morgan fingerprint density at radius 3 is 2.42 bits per heavy atom. The summed E-state index contributed by atoms with van der Waals surface area (Å²) >= 11 is 0. The predicted octanol–water partition coefficient (Wildman–Crippen LogP) is 1.51. The van der Waals surface area contributed by atoms with Gasteiger partial charge >= 0.3 is 0 Å². The maximum Gasteiger partial charge on any atom is 0.240 e. The normalized spacial score (nSPS) is 29.3. The lowest BCUT2D eigenvalue weighted by atomic mass is 9.75. The van der Waals surface area contributed by atoms with E-state index in [9.17, 15) is 4.79 Å². The molecule has 1 aliphatic carbocycles. The molecule has 19 heavy (non-hydrogen) atoms. The van der Waals surface area contributed by atoms with Crippen LogP contribution < -0.4 is 10.6 Å². The van der Waals surface area contributed by atoms with Crippen LogP contribution in [0.25, 0.3) is 0 Å². The van der Waals surface area contributed by atoms with E-state index in [-0.39, 0.29) is 17.0 Å². The standard InChI is InChI=1S/C15H29N3O/c1-4-7-15(10-6-11-17-15)13(19)16-12-14(18(2)3)8-5-9-14/h17H,4-12H2,1-3H3,(H,16,19). The number of amides is 1. The van der Waals surface area contributed by atoms with E-state index < -0.39 is 0 Å². The molecule has 2 N–H and O–H groups in total. The SMILES string of the molecule is CCCC1(C(=O)NCC2(N(C)C)CCC2)CCCN1. The fraction of sp³-hybridized carbons (Fsp3) is 0.933. The molecule has 1 atom stereocenters. The van der Waals surface area contributed by atoms with Crippen LogP contribution in [0.15, 0.2) is 0 Å². The van der Waals surface area contributed by atoms with Crippen LogP contribution in [0.5, 0.6) is 0 Å². The first kappa shape index (κ1) is 14.8. The Morgan fingerprint density at radius 2 is 2.00 bits per heavy atom. The highest BCUT2D eigenvalue weighted by Gasteiger charge is 2.43. The van der Waals surface area contributed by atoms with Crippen molar-refractivity contribution in [1.29, 1.82) is 0 Å². The van der Waals surface area contributed by atoms with Crippen molar-refractivity contribution in [2.45, 2.75) is 62.9 Å². The third kappa shape index (κ3) is 2.79. The van der Waals surface area contributed by atoms with Gasteiger partial charge in [-0.05, 0) is 59.2 Å². The van der Waals surface area contributed by atoms with Gasteiger partial charge in [0.2, 0.25) is 5.91 Å². The zero-order chi connectivity index (χ0) is 13.9. The fourth-order valence-corrected chi connectivity index (χ4v) is 3.53.